The van der Waals surface area contributed by atoms with Crippen molar-refractivity contribution in [3.8, 4) is 11.5 Å². The second-order valence-electron chi connectivity index (χ2n) is 12.2. The van der Waals surface area contributed by atoms with Gasteiger partial charge in [-0.3, -0.25) is 0 Å². The summed E-state index contributed by atoms with van der Waals surface area (Å²) in [4.78, 5) is 15.0. The van der Waals surface area contributed by atoms with Gasteiger partial charge in [-0.2, -0.15) is 4.79 Å². The maximum absolute atomic E-state index is 12.2. The van der Waals surface area contributed by atoms with Gasteiger partial charge in [-0.25, -0.2) is 4.79 Å². The highest BCUT2D eigenvalue weighted by Gasteiger charge is 2.45. The van der Waals surface area contributed by atoms with Crippen LogP contribution in [0.5, 0.6) is 11.5 Å². The number of carbonyl (C=O) groups excluding carboxylic acids is 1. The first-order valence-corrected chi connectivity index (χ1v) is 14.3. The van der Waals surface area contributed by atoms with Crippen LogP contribution in [0.1, 0.15) is 115 Å². The van der Waals surface area contributed by atoms with Gasteiger partial charge in [0.05, 0.1) is 0 Å². The smallest absolute Gasteiger partial charge is 0.414 e. The monoisotopic (exact) mass is 514 g/mol. The molecule has 0 aliphatic carbocycles. The number of ether oxygens (including phenoxy) is 2. The molecule has 0 unspecified atom stereocenters. The van der Waals surface area contributed by atoms with E-state index in [9.17, 15) is 9.90 Å². The minimum atomic E-state index is -0.711. The van der Waals surface area contributed by atoms with E-state index in [2.05, 4.69) is 32.5 Å². The maximum Gasteiger partial charge on any atom is 0.414 e. The van der Waals surface area contributed by atoms with Crippen LogP contribution >= 0.6 is 0 Å². The lowest BCUT2D eigenvalue weighted by Gasteiger charge is -2.43. The fraction of sp³-hybridized carbons (Fsp3) is 0.742. The summed E-state index contributed by atoms with van der Waals surface area (Å²) in [5.41, 5.74) is 11.4. The zero-order valence-electron chi connectivity index (χ0n) is 24.5. The molecular formula is C31H50N2O4. The van der Waals surface area contributed by atoms with Gasteiger partial charge in [0.15, 0.2) is 0 Å². The molecule has 0 saturated carbocycles. The van der Waals surface area contributed by atoms with Gasteiger partial charge in [0.2, 0.25) is 0 Å². The third-order valence-electron chi connectivity index (χ3n) is 8.41. The van der Waals surface area contributed by atoms with Gasteiger partial charge in [0, 0.05) is 12.0 Å². The Bertz CT molecular complexity index is 967. The van der Waals surface area contributed by atoms with Crippen molar-refractivity contribution in [2.75, 3.05) is 0 Å². The maximum atomic E-state index is 12.2. The molecule has 0 amide bonds. The van der Waals surface area contributed by atoms with E-state index in [0.717, 1.165) is 65.3 Å². The van der Waals surface area contributed by atoms with Gasteiger partial charge in [-0.05, 0) is 75.0 Å². The number of phenols is 1. The van der Waals surface area contributed by atoms with Crippen LogP contribution < -0.4 is 4.74 Å². The first kappa shape index (κ1) is 30.9. The summed E-state index contributed by atoms with van der Waals surface area (Å²) in [6.45, 7) is 17.1. The number of aromatic hydroxyl groups is 1. The van der Waals surface area contributed by atoms with Crippen LogP contribution in [0.15, 0.2) is 0 Å². The highest BCUT2D eigenvalue weighted by molar-refractivity contribution is 6.20. The SMILES string of the molecule is Cc1c(C)c2c(c(C)c1O)C[C@H](OC(=O)C=[N+]=[N-])[C@@](C)(CCC[C@H](C)CCC[C@H](C)CCCC(C)C)O2. The van der Waals surface area contributed by atoms with Crippen molar-refractivity contribution in [2.24, 2.45) is 17.8 Å². The minimum absolute atomic E-state index is 0.258. The third-order valence-corrected chi connectivity index (χ3v) is 8.41. The van der Waals surface area contributed by atoms with Gasteiger partial charge in [-0.1, -0.05) is 72.6 Å². The summed E-state index contributed by atoms with van der Waals surface area (Å²) in [6.07, 6.45) is 11.3. The number of esters is 1. The van der Waals surface area contributed by atoms with Crippen molar-refractivity contribution >= 4 is 12.2 Å². The summed E-state index contributed by atoms with van der Waals surface area (Å²) in [6, 6.07) is 0. The van der Waals surface area contributed by atoms with E-state index in [1.807, 2.05) is 27.7 Å². The van der Waals surface area contributed by atoms with Gasteiger partial charge >= 0.3 is 12.2 Å². The van der Waals surface area contributed by atoms with Gasteiger partial charge < -0.3 is 20.1 Å². The van der Waals surface area contributed by atoms with E-state index in [0.29, 0.717) is 12.3 Å². The largest absolute Gasteiger partial charge is 0.507 e. The van der Waals surface area contributed by atoms with Crippen molar-refractivity contribution in [3.05, 3.63) is 27.8 Å². The molecule has 0 saturated heterocycles. The van der Waals surface area contributed by atoms with Gasteiger partial charge in [0.25, 0.3) is 0 Å². The van der Waals surface area contributed by atoms with Crippen molar-refractivity contribution in [1.82, 2.24) is 0 Å². The Hall–Kier alpha value is -2.33. The predicted octanol–water partition coefficient (Wildman–Crippen LogP) is 7.66. The standard InChI is InChI=1S/C31H50N2O4/c1-20(2)12-9-13-21(3)14-10-15-22(4)16-11-17-31(8)27(36-28(34)19-33-32)18-26-25(7)29(35)23(5)24(6)30(26)37-31/h19-22,27,35H,9-18H2,1-8H3/t21-,22-,27+,31-/m1/s1. The highest BCUT2D eigenvalue weighted by atomic mass is 16.6. The Kier molecular flexibility index (Phi) is 11.7. The number of rotatable bonds is 14. The molecule has 1 aromatic rings. The second-order valence-corrected chi connectivity index (χ2v) is 12.2. The van der Waals surface area contributed by atoms with Gasteiger partial charge in [-0.15, -0.1) is 0 Å². The van der Waals surface area contributed by atoms with Crippen molar-refractivity contribution in [1.29, 1.82) is 0 Å². The van der Waals surface area contributed by atoms with E-state index >= 15 is 0 Å². The summed E-state index contributed by atoms with van der Waals surface area (Å²) in [5, 5.41) is 10.6. The molecule has 0 aromatic heterocycles. The van der Waals surface area contributed by atoms with Crippen LogP contribution in [0, 0.1) is 38.5 Å². The highest BCUT2D eigenvalue weighted by Crippen LogP contribution is 2.45. The number of hydrogen-bond donors (Lipinski definition) is 1. The number of carbonyl (C=O) groups is 1. The molecule has 208 valence electrons. The number of fused-ring (bicyclic) bond motifs is 1. The molecule has 37 heavy (non-hydrogen) atoms. The summed E-state index contributed by atoms with van der Waals surface area (Å²) >= 11 is 0. The molecule has 0 bridgehead atoms. The molecule has 0 radical (unpaired) electrons. The zero-order chi connectivity index (χ0) is 27.8. The lowest BCUT2D eigenvalue weighted by Crippen LogP contribution is -2.51. The predicted molar refractivity (Wildman–Crippen MR) is 149 cm³/mol. The first-order valence-electron chi connectivity index (χ1n) is 14.3. The Balaban J connectivity index is 2.01. The number of benzene rings is 1. The van der Waals surface area contributed by atoms with Crippen LogP contribution in [0.25, 0.3) is 5.53 Å². The molecule has 4 atom stereocenters. The van der Waals surface area contributed by atoms with E-state index < -0.39 is 17.7 Å². The average Bonchev–Trinajstić information content (AvgIpc) is 2.82. The van der Waals surface area contributed by atoms with Crippen LogP contribution in [0.3, 0.4) is 0 Å². The Morgan fingerprint density at radius 3 is 2.16 bits per heavy atom. The molecule has 1 aromatic carbocycles. The van der Waals surface area contributed by atoms with E-state index in [-0.39, 0.29) is 5.75 Å². The minimum Gasteiger partial charge on any atom is -0.507 e. The fourth-order valence-electron chi connectivity index (χ4n) is 5.63. The third kappa shape index (κ3) is 8.60. The number of hydrogen-bond acceptors (Lipinski definition) is 4. The number of phenolic OH excluding ortho intramolecular Hbond substituents is 1. The second kappa shape index (κ2) is 14.0. The molecule has 0 spiro atoms. The van der Waals surface area contributed by atoms with E-state index in [4.69, 9.17) is 15.0 Å². The van der Waals surface area contributed by atoms with Crippen LogP contribution in [-0.4, -0.2) is 33.8 Å². The Morgan fingerprint density at radius 1 is 1.03 bits per heavy atom. The molecule has 6 nitrogen and oxygen atoms in total. The summed E-state index contributed by atoms with van der Waals surface area (Å²) in [7, 11) is 0. The molecule has 1 aliphatic heterocycles. The molecule has 0 fully saturated rings. The van der Waals surface area contributed by atoms with Crippen molar-refractivity contribution in [2.45, 2.75) is 131 Å². The van der Waals surface area contributed by atoms with Crippen molar-refractivity contribution < 1.29 is 24.2 Å². The first-order chi connectivity index (χ1) is 17.4. The quantitative estimate of drug-likeness (QED) is 0.119. The summed E-state index contributed by atoms with van der Waals surface area (Å²) in [5.74, 6) is 2.57. The van der Waals surface area contributed by atoms with Gasteiger partial charge in [0.1, 0.15) is 23.2 Å². The molecule has 1 N–H and O–H groups in total. The number of nitrogens with zero attached hydrogens (tertiary/aromatic N) is 2. The normalized spacial score (nSPS) is 20.5. The van der Waals surface area contributed by atoms with Crippen LogP contribution in [0.4, 0.5) is 0 Å². The molecule has 6 heteroatoms. The fourth-order valence-corrected chi connectivity index (χ4v) is 5.63. The molecular weight excluding hydrogens is 464 g/mol. The van der Waals surface area contributed by atoms with Crippen molar-refractivity contribution in [3.63, 3.8) is 0 Å². The Morgan fingerprint density at radius 2 is 1.59 bits per heavy atom. The summed E-state index contributed by atoms with van der Waals surface area (Å²) < 4.78 is 12.3. The zero-order valence-corrected chi connectivity index (χ0v) is 24.5. The van der Waals surface area contributed by atoms with E-state index in [1.54, 1.807) is 0 Å². The van der Waals surface area contributed by atoms with Crippen LogP contribution in [0.2, 0.25) is 0 Å². The molecule has 2 rings (SSSR count). The average molecular weight is 515 g/mol. The Labute approximate surface area is 224 Å². The lowest BCUT2D eigenvalue weighted by atomic mass is 9.81. The van der Waals surface area contributed by atoms with Crippen LogP contribution in [-0.2, 0) is 16.0 Å². The molecule has 1 heterocycles. The lowest BCUT2D eigenvalue weighted by molar-refractivity contribution is -0.158. The van der Waals surface area contributed by atoms with E-state index in [1.165, 1.54) is 38.5 Å². The topological polar surface area (TPSA) is 92.2 Å². The molecule has 1 aliphatic rings.